The number of hydroxylamine groups is 1. The summed E-state index contributed by atoms with van der Waals surface area (Å²) in [5.41, 5.74) is 0.277. The molecular weight excluding hydrogens is 372 g/mol. The molecule has 0 radical (unpaired) electrons. The average Bonchev–Trinajstić information content (AvgIpc) is 2.72. The van der Waals surface area contributed by atoms with Gasteiger partial charge in [-0.2, -0.15) is 13.2 Å². The molecule has 1 aromatic carbocycles. The van der Waals surface area contributed by atoms with E-state index in [0.29, 0.717) is 19.1 Å². The number of halogens is 7. The lowest BCUT2D eigenvalue weighted by Gasteiger charge is -2.28. The lowest BCUT2D eigenvalue weighted by molar-refractivity contribution is -0.350. The number of rotatable bonds is 2. The largest absolute Gasteiger partial charge is 0.463 e. The highest BCUT2D eigenvalue weighted by Gasteiger charge is 2.67. The van der Waals surface area contributed by atoms with E-state index in [9.17, 15) is 26.7 Å². The predicted octanol–water partition coefficient (Wildman–Crippen LogP) is 3.88. The Kier molecular flexibility index (Phi) is 4.49. The van der Waals surface area contributed by atoms with E-state index in [1.807, 2.05) is 0 Å². The Morgan fingerprint density at radius 1 is 1.26 bits per heavy atom. The molecule has 1 atom stereocenters. The van der Waals surface area contributed by atoms with Gasteiger partial charge in [0.2, 0.25) is 0 Å². The second kappa shape index (κ2) is 5.81. The molecule has 1 unspecified atom stereocenters. The average molecular weight is 378 g/mol. The highest BCUT2D eigenvalue weighted by Crippen LogP contribution is 2.48. The Labute approximate surface area is 135 Å². The van der Waals surface area contributed by atoms with Gasteiger partial charge in [-0.05, 0) is 12.1 Å². The van der Waals surface area contributed by atoms with Crippen LogP contribution in [0.15, 0.2) is 17.2 Å². The first-order valence-electron chi connectivity index (χ1n) is 5.75. The van der Waals surface area contributed by atoms with Gasteiger partial charge in [-0.1, -0.05) is 23.2 Å². The van der Waals surface area contributed by atoms with Crippen LogP contribution in [0.1, 0.15) is 12.5 Å². The fraction of sp³-hybridized carbons (Fsp3) is 0.250. The molecule has 0 fully saturated rings. The topological polar surface area (TPSA) is 47.6 Å². The van der Waals surface area contributed by atoms with Gasteiger partial charge in [0.1, 0.15) is 16.7 Å². The van der Waals surface area contributed by atoms with E-state index in [0.717, 1.165) is 0 Å². The highest BCUT2D eigenvalue weighted by atomic mass is 35.5. The molecule has 0 aliphatic carbocycles. The second-order valence-corrected chi connectivity index (χ2v) is 5.13. The second-order valence-electron chi connectivity index (χ2n) is 4.35. The molecule has 1 aliphatic rings. The molecular formula is C12H6Cl2F5NO3. The molecule has 11 heteroatoms. The lowest BCUT2D eigenvalue weighted by atomic mass is 10.1. The van der Waals surface area contributed by atoms with E-state index in [1.165, 1.54) is 0 Å². The molecule has 0 amide bonds. The first-order chi connectivity index (χ1) is 10.5. The Morgan fingerprint density at radius 2 is 1.87 bits per heavy atom. The monoisotopic (exact) mass is 377 g/mol. The van der Waals surface area contributed by atoms with Gasteiger partial charge in [0.05, 0.1) is 10.7 Å². The summed E-state index contributed by atoms with van der Waals surface area (Å²) < 4.78 is 71.0. The Morgan fingerprint density at radius 3 is 2.39 bits per heavy atom. The molecule has 0 saturated carbocycles. The number of esters is 1. The highest BCUT2D eigenvalue weighted by molar-refractivity contribution is 6.34. The van der Waals surface area contributed by atoms with Crippen LogP contribution in [0.5, 0.6) is 0 Å². The van der Waals surface area contributed by atoms with Crippen molar-refractivity contribution >= 4 is 34.9 Å². The standard InChI is InChI=1S/C12H6Cl2F5NO3/c1-4(21)22-11(12(17,18)19)10(14)9(20-23-11)5-2-8(16)6(13)3-7(5)15/h2-3,20H,1H3. The van der Waals surface area contributed by atoms with Crippen LogP contribution in [0, 0.1) is 11.6 Å². The molecule has 1 aromatic rings. The van der Waals surface area contributed by atoms with Gasteiger partial charge in [-0.25, -0.2) is 13.6 Å². The molecule has 0 spiro atoms. The van der Waals surface area contributed by atoms with Crippen LogP contribution >= 0.6 is 23.2 Å². The lowest BCUT2D eigenvalue weighted by Crippen LogP contribution is -2.50. The summed E-state index contributed by atoms with van der Waals surface area (Å²) in [6, 6.07) is 1.07. The number of carbonyl (C=O) groups is 1. The van der Waals surface area contributed by atoms with Gasteiger partial charge in [0, 0.05) is 12.5 Å². The van der Waals surface area contributed by atoms with Crippen LogP contribution in [-0.4, -0.2) is 17.9 Å². The Balaban J connectivity index is 2.63. The Hall–Kier alpha value is -1.58. The van der Waals surface area contributed by atoms with Crippen LogP contribution in [-0.2, 0) is 14.4 Å². The van der Waals surface area contributed by atoms with Gasteiger partial charge in [-0.15, -0.1) is 0 Å². The number of hydrogen-bond donors (Lipinski definition) is 1. The zero-order valence-electron chi connectivity index (χ0n) is 11.0. The maximum Gasteiger partial charge on any atom is 0.463 e. The minimum atomic E-state index is -5.29. The number of nitrogens with one attached hydrogen (secondary N) is 1. The summed E-state index contributed by atoms with van der Waals surface area (Å²) in [6.07, 6.45) is -5.29. The number of hydrogen-bond acceptors (Lipinski definition) is 4. The van der Waals surface area contributed by atoms with E-state index in [4.69, 9.17) is 23.2 Å². The molecule has 0 saturated heterocycles. The summed E-state index contributed by atoms with van der Waals surface area (Å²) in [6.45, 7) is 0.696. The predicted molar refractivity (Wildman–Crippen MR) is 68.9 cm³/mol. The minimum absolute atomic E-state index is 0.520. The maximum absolute atomic E-state index is 13.8. The first-order valence-corrected chi connectivity index (χ1v) is 6.50. The molecule has 23 heavy (non-hydrogen) atoms. The molecule has 0 bridgehead atoms. The van der Waals surface area contributed by atoms with E-state index >= 15 is 0 Å². The van der Waals surface area contributed by atoms with Crippen LogP contribution < -0.4 is 5.48 Å². The van der Waals surface area contributed by atoms with Crippen molar-refractivity contribution in [1.29, 1.82) is 0 Å². The smallest absolute Gasteiger partial charge is 0.417 e. The van der Waals surface area contributed by atoms with Gasteiger partial charge in [0.25, 0.3) is 0 Å². The third kappa shape index (κ3) is 2.96. The number of benzene rings is 1. The number of carbonyl (C=O) groups excluding carboxylic acids is 1. The quantitative estimate of drug-likeness (QED) is 0.482. The van der Waals surface area contributed by atoms with Crippen molar-refractivity contribution in [3.63, 3.8) is 0 Å². The van der Waals surface area contributed by atoms with Crippen LogP contribution in [0.2, 0.25) is 5.02 Å². The fourth-order valence-corrected chi connectivity index (χ4v) is 2.25. The molecule has 1 N–H and O–H groups in total. The van der Waals surface area contributed by atoms with Crippen molar-refractivity contribution in [1.82, 2.24) is 5.48 Å². The van der Waals surface area contributed by atoms with E-state index < -0.39 is 50.9 Å². The zero-order valence-corrected chi connectivity index (χ0v) is 12.5. The normalized spacial score (nSPS) is 21.4. The third-order valence-corrected chi connectivity index (χ3v) is 3.47. The minimum Gasteiger partial charge on any atom is -0.417 e. The van der Waals surface area contributed by atoms with Gasteiger partial charge in [-0.3, -0.25) is 10.3 Å². The van der Waals surface area contributed by atoms with E-state index in [2.05, 4.69) is 9.57 Å². The summed E-state index contributed by atoms with van der Waals surface area (Å²) in [7, 11) is 0. The van der Waals surface area contributed by atoms with Crippen molar-refractivity contribution in [3.05, 3.63) is 39.4 Å². The van der Waals surface area contributed by atoms with Crippen molar-refractivity contribution in [2.45, 2.75) is 18.9 Å². The third-order valence-electron chi connectivity index (χ3n) is 2.75. The van der Waals surface area contributed by atoms with Gasteiger partial charge < -0.3 is 4.74 Å². The number of ether oxygens (including phenoxy) is 1. The molecule has 1 aliphatic heterocycles. The van der Waals surface area contributed by atoms with Crippen molar-refractivity contribution < 1.29 is 36.3 Å². The summed E-state index contributed by atoms with van der Waals surface area (Å²) in [4.78, 5) is 15.2. The van der Waals surface area contributed by atoms with Crippen LogP contribution in [0.25, 0.3) is 5.70 Å². The van der Waals surface area contributed by atoms with E-state index in [1.54, 1.807) is 5.48 Å². The molecule has 126 valence electrons. The SMILES string of the molecule is CC(=O)OC1(C(F)(F)F)ONC(c2cc(F)c(Cl)cc2F)=C1Cl. The van der Waals surface area contributed by atoms with Gasteiger partial charge >= 0.3 is 17.9 Å². The maximum atomic E-state index is 13.8. The van der Waals surface area contributed by atoms with E-state index in [-0.39, 0.29) is 0 Å². The number of alkyl halides is 3. The summed E-state index contributed by atoms with van der Waals surface area (Å²) in [5.74, 6) is -7.29. The zero-order chi connectivity index (χ0) is 17.6. The summed E-state index contributed by atoms with van der Waals surface area (Å²) >= 11 is 11.0. The van der Waals surface area contributed by atoms with Crippen molar-refractivity contribution in [2.75, 3.05) is 0 Å². The molecule has 4 nitrogen and oxygen atoms in total. The fourth-order valence-electron chi connectivity index (χ4n) is 1.77. The molecule has 0 aromatic heterocycles. The molecule has 1 heterocycles. The first kappa shape index (κ1) is 17.8. The van der Waals surface area contributed by atoms with Gasteiger partial charge in [0.15, 0.2) is 0 Å². The van der Waals surface area contributed by atoms with Crippen LogP contribution in [0.3, 0.4) is 0 Å². The molecule has 2 rings (SSSR count). The summed E-state index contributed by atoms with van der Waals surface area (Å²) in [5, 5.41) is -1.80. The van der Waals surface area contributed by atoms with Crippen molar-refractivity contribution in [3.8, 4) is 0 Å². The van der Waals surface area contributed by atoms with Crippen LogP contribution in [0.4, 0.5) is 22.0 Å². The van der Waals surface area contributed by atoms with Crippen molar-refractivity contribution in [2.24, 2.45) is 0 Å². The Bertz CT molecular complexity index is 707.